The lowest BCUT2D eigenvalue weighted by Gasteiger charge is -2.00. The zero-order chi connectivity index (χ0) is 8.97. The second-order valence-corrected chi connectivity index (χ2v) is 2.84. The average molecular weight is 228 g/mol. The number of nitriles is 1. The molecule has 1 heterocycles. The van der Waals surface area contributed by atoms with Crippen molar-refractivity contribution >= 4 is 15.9 Å². The molecule has 0 fully saturated rings. The van der Waals surface area contributed by atoms with E-state index in [1.165, 1.54) is 7.11 Å². The van der Waals surface area contributed by atoms with Gasteiger partial charge in [-0.15, -0.1) is 0 Å². The summed E-state index contributed by atoms with van der Waals surface area (Å²) < 4.78 is 5.53. The van der Waals surface area contributed by atoms with Crippen LogP contribution in [0.4, 0.5) is 0 Å². The first-order chi connectivity index (χ1) is 5.77. The van der Waals surface area contributed by atoms with Crippen molar-refractivity contribution in [2.24, 2.45) is 0 Å². The van der Waals surface area contributed by atoms with Crippen molar-refractivity contribution in [3.05, 3.63) is 16.4 Å². The predicted molar refractivity (Wildman–Crippen MR) is 45.6 cm³/mol. The zero-order valence-electron chi connectivity index (χ0n) is 6.41. The molecule has 12 heavy (non-hydrogen) atoms. The van der Waals surface area contributed by atoms with Gasteiger partial charge in [0.15, 0.2) is 0 Å². The molecule has 0 bridgehead atoms. The number of rotatable bonds is 2. The fraction of sp³-hybridized carbons (Fsp3) is 0.286. The predicted octanol–water partition coefficient (Wildman–Crippen LogP) is 1.31. The first kappa shape index (κ1) is 8.94. The van der Waals surface area contributed by atoms with Crippen molar-refractivity contribution in [3.63, 3.8) is 0 Å². The van der Waals surface area contributed by atoms with Crippen LogP contribution in [0.5, 0.6) is 6.01 Å². The quantitative estimate of drug-likeness (QED) is 0.765. The van der Waals surface area contributed by atoms with Crippen LogP contribution in [-0.2, 0) is 6.42 Å². The highest BCUT2D eigenvalue weighted by atomic mass is 79.9. The Morgan fingerprint density at radius 1 is 1.75 bits per heavy atom. The summed E-state index contributed by atoms with van der Waals surface area (Å²) >= 11 is 3.23. The van der Waals surface area contributed by atoms with E-state index < -0.39 is 0 Å². The minimum absolute atomic E-state index is 0.249. The summed E-state index contributed by atoms with van der Waals surface area (Å²) in [6.07, 6.45) is 1.82. The monoisotopic (exact) mass is 227 g/mol. The van der Waals surface area contributed by atoms with Gasteiger partial charge in [-0.05, 0) is 15.9 Å². The molecule has 0 aromatic carbocycles. The Kier molecular flexibility index (Phi) is 3.00. The van der Waals surface area contributed by atoms with Crippen LogP contribution in [0.2, 0.25) is 0 Å². The Hall–Kier alpha value is -1.15. The van der Waals surface area contributed by atoms with Crippen LogP contribution in [0.1, 0.15) is 5.69 Å². The van der Waals surface area contributed by atoms with Gasteiger partial charge in [0, 0.05) is 6.20 Å². The van der Waals surface area contributed by atoms with Gasteiger partial charge in [0.2, 0.25) is 0 Å². The smallest absolute Gasteiger partial charge is 0.316 e. The summed E-state index contributed by atoms with van der Waals surface area (Å²) in [5.41, 5.74) is 0.643. The van der Waals surface area contributed by atoms with Crippen LogP contribution >= 0.6 is 15.9 Å². The molecular formula is C7H6BrN3O. The molecule has 0 aliphatic carbocycles. The SMILES string of the molecule is COc1ncc(Br)c(CC#N)n1. The number of nitrogens with zero attached hydrogens (tertiary/aromatic N) is 3. The fourth-order valence-corrected chi connectivity index (χ4v) is 1.01. The van der Waals surface area contributed by atoms with Crippen molar-refractivity contribution in [1.82, 2.24) is 9.97 Å². The highest BCUT2D eigenvalue weighted by Gasteiger charge is 2.03. The lowest BCUT2D eigenvalue weighted by molar-refractivity contribution is 0.378. The lowest BCUT2D eigenvalue weighted by Crippen LogP contribution is -1.96. The van der Waals surface area contributed by atoms with E-state index in [2.05, 4.69) is 25.9 Å². The second-order valence-electron chi connectivity index (χ2n) is 1.99. The number of ether oxygens (including phenoxy) is 1. The van der Waals surface area contributed by atoms with Gasteiger partial charge in [-0.3, -0.25) is 0 Å². The third-order valence-electron chi connectivity index (χ3n) is 1.22. The van der Waals surface area contributed by atoms with E-state index in [4.69, 9.17) is 10.00 Å². The molecule has 1 aromatic heterocycles. The Morgan fingerprint density at radius 2 is 2.50 bits per heavy atom. The third-order valence-corrected chi connectivity index (χ3v) is 1.89. The van der Waals surface area contributed by atoms with E-state index in [0.29, 0.717) is 5.69 Å². The molecule has 0 N–H and O–H groups in total. The van der Waals surface area contributed by atoms with Crippen molar-refractivity contribution in [2.45, 2.75) is 6.42 Å². The van der Waals surface area contributed by atoms with Gasteiger partial charge in [0.1, 0.15) is 0 Å². The maximum absolute atomic E-state index is 8.44. The van der Waals surface area contributed by atoms with Gasteiger partial charge in [-0.2, -0.15) is 10.2 Å². The van der Waals surface area contributed by atoms with Crippen LogP contribution < -0.4 is 4.74 Å². The van der Waals surface area contributed by atoms with E-state index >= 15 is 0 Å². The van der Waals surface area contributed by atoms with Gasteiger partial charge >= 0.3 is 6.01 Å². The minimum Gasteiger partial charge on any atom is -0.467 e. The molecule has 0 saturated heterocycles. The normalized spacial score (nSPS) is 9.08. The van der Waals surface area contributed by atoms with Crippen molar-refractivity contribution in [3.8, 4) is 12.1 Å². The molecule has 4 nitrogen and oxygen atoms in total. The van der Waals surface area contributed by atoms with E-state index in [1.807, 2.05) is 6.07 Å². The summed E-state index contributed by atoms with van der Waals surface area (Å²) in [5.74, 6) is 0. The van der Waals surface area contributed by atoms with Gasteiger partial charge < -0.3 is 4.74 Å². The van der Waals surface area contributed by atoms with Gasteiger partial charge in [-0.1, -0.05) is 0 Å². The second kappa shape index (κ2) is 4.02. The fourth-order valence-electron chi connectivity index (χ4n) is 0.681. The van der Waals surface area contributed by atoms with Crippen molar-refractivity contribution in [1.29, 1.82) is 5.26 Å². The van der Waals surface area contributed by atoms with Crippen LogP contribution in [0.3, 0.4) is 0 Å². The number of aromatic nitrogens is 2. The highest BCUT2D eigenvalue weighted by molar-refractivity contribution is 9.10. The molecule has 0 radical (unpaired) electrons. The molecule has 0 spiro atoms. The van der Waals surface area contributed by atoms with Crippen molar-refractivity contribution < 1.29 is 4.74 Å². The summed E-state index contributed by atoms with van der Waals surface area (Å²) in [6.45, 7) is 0. The molecule has 1 aromatic rings. The largest absolute Gasteiger partial charge is 0.467 e. The first-order valence-corrected chi connectivity index (χ1v) is 3.99. The van der Waals surface area contributed by atoms with E-state index in [9.17, 15) is 0 Å². The molecular weight excluding hydrogens is 222 g/mol. The van der Waals surface area contributed by atoms with E-state index in [-0.39, 0.29) is 12.4 Å². The number of hydrogen-bond acceptors (Lipinski definition) is 4. The molecule has 5 heteroatoms. The maximum Gasteiger partial charge on any atom is 0.316 e. The summed E-state index contributed by atoms with van der Waals surface area (Å²) in [6, 6.07) is 2.28. The minimum atomic E-state index is 0.249. The Labute approximate surface area is 78.3 Å². The molecule has 62 valence electrons. The number of methoxy groups -OCH3 is 1. The summed E-state index contributed by atoms with van der Waals surface area (Å²) in [5, 5.41) is 8.44. The molecule has 0 atom stereocenters. The van der Waals surface area contributed by atoms with Gasteiger partial charge in [0.25, 0.3) is 0 Å². The maximum atomic E-state index is 8.44. The van der Waals surface area contributed by atoms with Gasteiger partial charge in [0.05, 0.1) is 29.8 Å². The van der Waals surface area contributed by atoms with Crippen LogP contribution in [-0.4, -0.2) is 17.1 Å². The molecule has 0 amide bonds. The zero-order valence-corrected chi connectivity index (χ0v) is 8.00. The van der Waals surface area contributed by atoms with Gasteiger partial charge in [-0.25, -0.2) is 4.98 Å². The molecule has 1 rings (SSSR count). The standard InChI is InChI=1S/C7H6BrN3O/c1-12-7-10-4-5(8)6(11-7)2-3-9/h4H,2H2,1H3. The van der Waals surface area contributed by atoms with E-state index in [1.54, 1.807) is 6.20 Å². The lowest BCUT2D eigenvalue weighted by atomic mass is 10.3. The Balaban J connectivity index is 3.01. The topological polar surface area (TPSA) is 58.8 Å². The summed E-state index contributed by atoms with van der Waals surface area (Å²) in [4.78, 5) is 7.83. The molecule has 0 aliphatic rings. The van der Waals surface area contributed by atoms with Crippen LogP contribution in [0.25, 0.3) is 0 Å². The van der Waals surface area contributed by atoms with E-state index in [0.717, 1.165) is 4.47 Å². The number of halogens is 1. The number of hydrogen-bond donors (Lipinski definition) is 0. The summed E-state index contributed by atoms with van der Waals surface area (Å²) in [7, 11) is 1.49. The Morgan fingerprint density at radius 3 is 3.08 bits per heavy atom. The van der Waals surface area contributed by atoms with Crippen molar-refractivity contribution in [2.75, 3.05) is 7.11 Å². The third kappa shape index (κ3) is 1.92. The first-order valence-electron chi connectivity index (χ1n) is 3.20. The Bertz CT molecular complexity index is 321. The molecule has 0 aliphatic heterocycles. The van der Waals surface area contributed by atoms with Crippen LogP contribution in [0.15, 0.2) is 10.7 Å². The molecule has 0 saturated carbocycles. The average Bonchev–Trinajstić information content (AvgIpc) is 2.09. The van der Waals surface area contributed by atoms with Crippen LogP contribution in [0, 0.1) is 11.3 Å². The molecule has 0 unspecified atom stereocenters. The highest BCUT2D eigenvalue weighted by Crippen LogP contribution is 2.15.